The molecule has 7 nitrogen and oxygen atoms in total. The van der Waals surface area contributed by atoms with Gasteiger partial charge in [-0.2, -0.15) is 0 Å². The summed E-state index contributed by atoms with van der Waals surface area (Å²) in [5, 5.41) is 15.8. The molecule has 0 bridgehead atoms. The maximum absolute atomic E-state index is 13.4. The Morgan fingerprint density at radius 3 is 2.21 bits per heavy atom. The van der Waals surface area contributed by atoms with E-state index in [1.165, 1.54) is 41.7 Å². The lowest BCUT2D eigenvalue weighted by molar-refractivity contribution is -0.218. The van der Waals surface area contributed by atoms with Gasteiger partial charge < -0.3 is 20.6 Å². The van der Waals surface area contributed by atoms with Gasteiger partial charge in [0, 0.05) is 19.6 Å². The molecule has 3 N–H and O–H groups in total. The highest BCUT2D eigenvalue weighted by molar-refractivity contribution is 5.88. The smallest absolute Gasteiger partial charge is 0.335 e. The third-order valence-corrected chi connectivity index (χ3v) is 15.3. The first-order valence-electron chi connectivity index (χ1n) is 18.4. The van der Waals surface area contributed by atoms with Gasteiger partial charge in [0.25, 0.3) is 0 Å². The van der Waals surface area contributed by atoms with Crippen molar-refractivity contribution in [3.8, 4) is 0 Å². The Morgan fingerprint density at radius 1 is 0.896 bits per heavy atom. The summed E-state index contributed by atoms with van der Waals surface area (Å²) in [5.41, 5.74) is 4.28. The third-order valence-electron chi connectivity index (χ3n) is 15.3. The molecule has 7 heteroatoms. The summed E-state index contributed by atoms with van der Waals surface area (Å²) in [4.78, 5) is 38.7. The molecule has 5 aliphatic carbocycles. The number of carboxylic acids is 1. The number of carbonyl (C=O) groups is 3. The summed E-state index contributed by atoms with van der Waals surface area (Å²) in [5.74, 6) is 1.37. The van der Waals surface area contributed by atoms with Gasteiger partial charge in [-0.05, 0) is 139 Å². The van der Waals surface area contributed by atoms with Crippen molar-refractivity contribution < 1.29 is 19.5 Å². The van der Waals surface area contributed by atoms with Crippen molar-refractivity contribution in [2.45, 2.75) is 105 Å². The average molecular weight is 658 g/mol. The molecular weight excluding hydrogens is 598 g/mol. The van der Waals surface area contributed by atoms with Crippen LogP contribution in [0.3, 0.4) is 0 Å². The van der Waals surface area contributed by atoms with E-state index in [0.717, 1.165) is 37.7 Å². The van der Waals surface area contributed by atoms with Crippen LogP contribution in [-0.2, 0) is 4.79 Å². The van der Waals surface area contributed by atoms with Crippen LogP contribution in [-0.4, -0.2) is 54.1 Å². The number of likely N-dealkylation sites (N-methyl/N-ethyl adjacent to an activating group) is 1. The van der Waals surface area contributed by atoms with Crippen molar-refractivity contribution in [3.63, 3.8) is 0 Å². The second-order valence-electron chi connectivity index (χ2n) is 17.9. The minimum Gasteiger partial charge on any atom is -0.478 e. The van der Waals surface area contributed by atoms with E-state index in [9.17, 15) is 19.5 Å². The summed E-state index contributed by atoms with van der Waals surface area (Å²) in [6.07, 6.45) is 12.4. The topological polar surface area (TPSA) is 98.7 Å². The van der Waals surface area contributed by atoms with E-state index in [1.807, 2.05) is 12.1 Å². The molecule has 4 fully saturated rings. The molecule has 4 saturated carbocycles. The lowest BCUT2D eigenvalue weighted by Crippen LogP contribution is -2.68. The highest BCUT2D eigenvalue weighted by Gasteiger charge is 2.70. The summed E-state index contributed by atoms with van der Waals surface area (Å²) in [7, 11) is 3.42. The molecule has 0 radical (unpaired) electrons. The molecule has 48 heavy (non-hydrogen) atoms. The summed E-state index contributed by atoms with van der Waals surface area (Å²) in [6, 6.07) is 7.27. The molecule has 5 aliphatic rings. The minimum atomic E-state index is -0.885. The van der Waals surface area contributed by atoms with E-state index in [4.69, 9.17) is 0 Å². The van der Waals surface area contributed by atoms with Crippen LogP contribution in [0.2, 0.25) is 0 Å². The molecule has 1 aromatic carbocycles. The van der Waals surface area contributed by atoms with Gasteiger partial charge in [0.15, 0.2) is 0 Å². The molecule has 0 aliphatic heterocycles. The van der Waals surface area contributed by atoms with E-state index >= 15 is 0 Å². The number of carbonyl (C=O) groups excluding carboxylic acids is 2. The number of urea groups is 1. The fourth-order valence-corrected chi connectivity index (χ4v) is 12.8. The predicted octanol–water partition coefficient (Wildman–Crippen LogP) is 8.18. The fourth-order valence-electron chi connectivity index (χ4n) is 12.8. The van der Waals surface area contributed by atoms with Crippen molar-refractivity contribution in [1.82, 2.24) is 15.5 Å². The standard InChI is InChI=1S/C41H59N3O4/c1-25(2)28-16-21-41(43-36(48)42-24-33(45)44(8)9)23-22-39(6)30(34(28)41)14-15-32-38(5)19-17-29(26-10-12-27(13-11-26)35(46)47)37(3,4)31(38)18-20-40(32,39)7/h10-13,17,28,30-32,34H,1,14-16,18-24H2,2-9H3,(H,46,47)(H2,42,43,48). The van der Waals surface area contributed by atoms with E-state index in [2.05, 4.69) is 64.8 Å². The zero-order valence-electron chi connectivity index (χ0n) is 30.7. The Labute approximate surface area is 288 Å². The van der Waals surface area contributed by atoms with E-state index in [0.29, 0.717) is 35.2 Å². The number of hydrogen-bond donors (Lipinski definition) is 3. The molecule has 1 aromatic rings. The Morgan fingerprint density at radius 2 is 1.58 bits per heavy atom. The van der Waals surface area contributed by atoms with Crippen LogP contribution in [0.15, 0.2) is 42.5 Å². The predicted molar refractivity (Wildman–Crippen MR) is 191 cm³/mol. The lowest BCUT2D eigenvalue weighted by atomic mass is 9.33. The molecule has 262 valence electrons. The first-order chi connectivity index (χ1) is 22.4. The molecular formula is C41H59N3O4. The second kappa shape index (κ2) is 11.8. The van der Waals surface area contributed by atoms with Crippen LogP contribution in [0.5, 0.6) is 0 Å². The number of carboxylic acid groups (broad SMARTS) is 1. The highest BCUT2D eigenvalue weighted by Crippen LogP contribution is 2.76. The number of amides is 3. The molecule has 0 saturated heterocycles. The number of hydrogen-bond acceptors (Lipinski definition) is 3. The van der Waals surface area contributed by atoms with Crippen molar-refractivity contribution in [3.05, 3.63) is 53.6 Å². The Hall–Kier alpha value is -3.09. The summed E-state index contributed by atoms with van der Waals surface area (Å²) < 4.78 is 0. The SMILES string of the molecule is C=C(C)C1CCC2(NC(=O)NCC(=O)N(C)C)CCC3(C)C(CCC4C5(C)CC=C(c6ccc(C(=O)O)cc6)C(C)(C)C5CCC43C)C12. The van der Waals surface area contributed by atoms with E-state index in [-0.39, 0.29) is 45.7 Å². The molecule has 0 heterocycles. The zero-order valence-corrected chi connectivity index (χ0v) is 30.7. The van der Waals surface area contributed by atoms with Crippen molar-refractivity contribution in [2.24, 2.45) is 51.2 Å². The normalized spacial score (nSPS) is 39.4. The van der Waals surface area contributed by atoms with Crippen molar-refractivity contribution in [2.75, 3.05) is 20.6 Å². The van der Waals surface area contributed by atoms with E-state index in [1.54, 1.807) is 26.2 Å². The largest absolute Gasteiger partial charge is 0.478 e. The van der Waals surface area contributed by atoms with Crippen LogP contribution >= 0.6 is 0 Å². The first-order valence-corrected chi connectivity index (χ1v) is 18.4. The Bertz CT molecular complexity index is 1530. The van der Waals surface area contributed by atoms with Crippen LogP contribution < -0.4 is 10.6 Å². The average Bonchev–Trinajstić information content (AvgIpc) is 3.39. The van der Waals surface area contributed by atoms with Gasteiger partial charge in [0.2, 0.25) is 5.91 Å². The Kier molecular flexibility index (Phi) is 8.52. The molecule has 3 amide bonds. The van der Waals surface area contributed by atoms with E-state index < -0.39 is 5.97 Å². The van der Waals surface area contributed by atoms with Gasteiger partial charge in [-0.25, -0.2) is 9.59 Å². The van der Waals surface area contributed by atoms with Gasteiger partial charge in [-0.3, -0.25) is 4.79 Å². The van der Waals surface area contributed by atoms with Crippen LogP contribution in [0, 0.1) is 51.2 Å². The first kappa shape index (κ1) is 34.8. The zero-order chi connectivity index (χ0) is 35.0. The van der Waals surface area contributed by atoms with Crippen molar-refractivity contribution in [1.29, 1.82) is 0 Å². The second-order valence-corrected chi connectivity index (χ2v) is 17.9. The van der Waals surface area contributed by atoms with Crippen LogP contribution in [0.4, 0.5) is 4.79 Å². The summed E-state index contributed by atoms with van der Waals surface area (Å²) in [6.45, 7) is 19.4. The number of aromatic carboxylic acids is 1. The summed E-state index contributed by atoms with van der Waals surface area (Å²) >= 11 is 0. The molecule has 6 rings (SSSR count). The lowest BCUT2D eigenvalue weighted by Gasteiger charge is -2.72. The molecule has 0 spiro atoms. The monoisotopic (exact) mass is 657 g/mol. The molecule has 9 atom stereocenters. The molecule has 0 aromatic heterocycles. The van der Waals surface area contributed by atoms with Gasteiger partial charge in [-0.1, -0.05) is 65.0 Å². The third kappa shape index (κ3) is 5.07. The number of benzene rings is 1. The number of nitrogens with zero attached hydrogens (tertiary/aromatic N) is 1. The van der Waals surface area contributed by atoms with Gasteiger partial charge in [-0.15, -0.1) is 0 Å². The fraction of sp³-hybridized carbons (Fsp3) is 0.683. The number of allylic oxidation sites excluding steroid dienone is 3. The van der Waals surface area contributed by atoms with Gasteiger partial charge in [0.05, 0.1) is 12.1 Å². The number of rotatable bonds is 6. The Balaban J connectivity index is 1.30. The maximum atomic E-state index is 13.4. The number of nitrogens with one attached hydrogen (secondary N) is 2. The van der Waals surface area contributed by atoms with Gasteiger partial charge >= 0.3 is 12.0 Å². The highest BCUT2D eigenvalue weighted by atomic mass is 16.4. The maximum Gasteiger partial charge on any atom is 0.335 e. The van der Waals surface area contributed by atoms with Crippen LogP contribution in [0.25, 0.3) is 5.57 Å². The molecule has 9 unspecified atom stereocenters. The van der Waals surface area contributed by atoms with Crippen LogP contribution in [0.1, 0.15) is 115 Å². The quantitative estimate of drug-likeness (QED) is 0.269. The van der Waals surface area contributed by atoms with Crippen molar-refractivity contribution >= 4 is 23.5 Å². The van der Waals surface area contributed by atoms with Gasteiger partial charge in [0.1, 0.15) is 0 Å². The number of fused-ring (bicyclic) bond motifs is 7. The minimum absolute atomic E-state index is 0.00426.